The molecule has 0 fully saturated rings. The molecular weight excluding hydrogens is 695 g/mol. The largest absolute Gasteiger partial charge is 0.331 e. The Hall–Kier alpha value is -7.50. The van der Waals surface area contributed by atoms with Gasteiger partial charge in [0.05, 0.1) is 50.7 Å². The molecule has 5 aromatic heterocycles. The standard InChI is InChI=1S/C52H35N5/c1-2-16-35(17-3-1)55-46-26-8-6-21-39(46)41-31-32-42-40-22-7-9-27-47(40)56(52(42)51(41)55)36-18-12-15-34(33-36)43-23-13-24-44(53-43)45-25-14-30-50(54-45)57-48-28-10-4-19-37(48)38-20-5-11-29-49(38)57/h1-17,19-33,36H,18H2. The van der Waals surface area contributed by atoms with Crippen molar-refractivity contribution in [1.29, 1.82) is 0 Å². The number of hydrogen-bond acceptors (Lipinski definition) is 2. The lowest BCUT2D eigenvalue weighted by atomic mass is 9.99. The molecule has 57 heavy (non-hydrogen) atoms. The smallest absolute Gasteiger partial charge is 0.138 e. The third kappa shape index (κ3) is 4.82. The van der Waals surface area contributed by atoms with Crippen LogP contribution < -0.4 is 0 Å². The highest BCUT2D eigenvalue weighted by Crippen LogP contribution is 2.43. The Labute approximate surface area is 328 Å². The van der Waals surface area contributed by atoms with Gasteiger partial charge >= 0.3 is 0 Å². The number of para-hydroxylation sites is 5. The highest BCUT2D eigenvalue weighted by molar-refractivity contribution is 6.23. The van der Waals surface area contributed by atoms with Gasteiger partial charge < -0.3 is 9.13 Å². The number of hydrogen-bond donors (Lipinski definition) is 0. The normalized spacial score (nSPS) is 14.5. The minimum absolute atomic E-state index is 0.0717. The summed E-state index contributed by atoms with van der Waals surface area (Å²) in [5, 5.41) is 7.47. The summed E-state index contributed by atoms with van der Waals surface area (Å²) in [6.45, 7) is 0. The second-order valence-electron chi connectivity index (χ2n) is 14.9. The van der Waals surface area contributed by atoms with E-state index in [0.717, 1.165) is 51.6 Å². The summed E-state index contributed by atoms with van der Waals surface area (Å²) < 4.78 is 7.29. The van der Waals surface area contributed by atoms with Crippen LogP contribution in [-0.2, 0) is 0 Å². The monoisotopic (exact) mass is 729 g/mol. The van der Waals surface area contributed by atoms with E-state index in [0.29, 0.717) is 0 Å². The van der Waals surface area contributed by atoms with Crippen LogP contribution >= 0.6 is 0 Å². The average molecular weight is 730 g/mol. The van der Waals surface area contributed by atoms with Gasteiger partial charge in [0.1, 0.15) is 5.82 Å². The first-order valence-electron chi connectivity index (χ1n) is 19.6. The molecule has 0 radical (unpaired) electrons. The van der Waals surface area contributed by atoms with Gasteiger partial charge in [-0.05, 0) is 72.7 Å². The van der Waals surface area contributed by atoms with Crippen LogP contribution in [0, 0.1) is 0 Å². The van der Waals surface area contributed by atoms with Crippen molar-refractivity contribution in [2.75, 3.05) is 0 Å². The van der Waals surface area contributed by atoms with E-state index in [2.05, 4.69) is 208 Å². The Morgan fingerprint density at radius 3 is 1.63 bits per heavy atom. The number of aromatic nitrogens is 5. The van der Waals surface area contributed by atoms with Gasteiger partial charge in [-0.2, -0.15) is 0 Å². The highest BCUT2D eigenvalue weighted by Gasteiger charge is 2.24. The van der Waals surface area contributed by atoms with Crippen LogP contribution in [0.5, 0.6) is 0 Å². The highest BCUT2D eigenvalue weighted by atomic mass is 15.1. The van der Waals surface area contributed by atoms with E-state index in [4.69, 9.17) is 9.97 Å². The lowest BCUT2D eigenvalue weighted by Crippen LogP contribution is -2.09. The van der Waals surface area contributed by atoms with Crippen molar-refractivity contribution < 1.29 is 0 Å². The molecule has 0 saturated carbocycles. The molecule has 1 atom stereocenters. The predicted molar refractivity (Wildman–Crippen MR) is 236 cm³/mol. The average Bonchev–Trinajstić information content (AvgIpc) is 3.93. The molecule has 5 heteroatoms. The summed E-state index contributed by atoms with van der Waals surface area (Å²) >= 11 is 0. The Morgan fingerprint density at radius 1 is 0.404 bits per heavy atom. The van der Waals surface area contributed by atoms with E-state index < -0.39 is 0 Å². The minimum Gasteiger partial charge on any atom is -0.331 e. The van der Waals surface area contributed by atoms with Crippen LogP contribution in [0.25, 0.3) is 93.9 Å². The van der Waals surface area contributed by atoms with E-state index in [1.165, 1.54) is 54.4 Å². The van der Waals surface area contributed by atoms with Gasteiger partial charge in [0.2, 0.25) is 0 Å². The topological polar surface area (TPSA) is 40.6 Å². The van der Waals surface area contributed by atoms with Gasteiger partial charge in [-0.1, -0.05) is 133 Å². The van der Waals surface area contributed by atoms with Crippen molar-refractivity contribution in [2.24, 2.45) is 0 Å². The molecule has 0 saturated heterocycles. The Kier molecular flexibility index (Phi) is 6.99. The molecule has 268 valence electrons. The SMILES string of the molecule is C1=CC(c2cccc(-c3cccc(-n4c5ccccc5c5ccccc54)n3)n2)=CC(n2c3ccccc3c3ccc4c5ccccc5n(-c5ccccc5)c4c32)C1. The zero-order valence-corrected chi connectivity index (χ0v) is 31.0. The zero-order chi connectivity index (χ0) is 37.5. The number of pyridine rings is 2. The maximum atomic E-state index is 5.28. The lowest BCUT2D eigenvalue weighted by molar-refractivity contribution is 0.650. The summed E-state index contributed by atoms with van der Waals surface area (Å²) in [6, 6.07) is 62.8. The minimum atomic E-state index is 0.0717. The Balaban J connectivity index is 1.01. The summed E-state index contributed by atoms with van der Waals surface area (Å²) in [5.41, 5.74) is 12.1. The number of rotatable bonds is 5. The number of benzene rings is 6. The van der Waals surface area contributed by atoms with Gasteiger partial charge in [-0.15, -0.1) is 0 Å². The first-order valence-corrected chi connectivity index (χ1v) is 19.6. The van der Waals surface area contributed by atoms with Crippen molar-refractivity contribution in [3.8, 4) is 22.9 Å². The van der Waals surface area contributed by atoms with Crippen LogP contribution in [-0.4, -0.2) is 23.7 Å². The molecule has 1 aliphatic carbocycles. The Bertz CT molecular complexity index is 3400. The van der Waals surface area contributed by atoms with Crippen molar-refractivity contribution in [3.05, 3.63) is 200 Å². The van der Waals surface area contributed by atoms with Gasteiger partial charge in [0.15, 0.2) is 0 Å². The molecule has 6 aromatic carbocycles. The molecule has 11 aromatic rings. The van der Waals surface area contributed by atoms with Gasteiger partial charge in [-0.3, -0.25) is 4.57 Å². The molecule has 5 heterocycles. The molecule has 1 aliphatic rings. The Morgan fingerprint density at radius 2 is 0.930 bits per heavy atom. The molecule has 0 N–H and O–H groups in total. The fraction of sp³-hybridized carbons (Fsp3) is 0.0385. The lowest BCUT2D eigenvalue weighted by Gasteiger charge is -2.22. The van der Waals surface area contributed by atoms with E-state index >= 15 is 0 Å². The van der Waals surface area contributed by atoms with Crippen LogP contribution in [0.3, 0.4) is 0 Å². The molecule has 0 spiro atoms. The van der Waals surface area contributed by atoms with Crippen molar-refractivity contribution in [3.63, 3.8) is 0 Å². The van der Waals surface area contributed by atoms with E-state index in [1.54, 1.807) is 0 Å². The van der Waals surface area contributed by atoms with Crippen molar-refractivity contribution >= 4 is 71.0 Å². The van der Waals surface area contributed by atoms with Crippen molar-refractivity contribution in [1.82, 2.24) is 23.7 Å². The van der Waals surface area contributed by atoms with E-state index in [-0.39, 0.29) is 6.04 Å². The second kappa shape index (κ2) is 12.5. The maximum Gasteiger partial charge on any atom is 0.138 e. The summed E-state index contributed by atoms with van der Waals surface area (Å²) in [5.74, 6) is 0.875. The molecule has 0 amide bonds. The van der Waals surface area contributed by atoms with Gasteiger partial charge in [0.25, 0.3) is 0 Å². The van der Waals surface area contributed by atoms with Gasteiger partial charge in [0, 0.05) is 43.5 Å². The maximum absolute atomic E-state index is 5.28. The fourth-order valence-corrected chi connectivity index (χ4v) is 9.34. The zero-order valence-electron chi connectivity index (χ0n) is 31.0. The number of fused-ring (bicyclic) bond motifs is 10. The molecule has 12 rings (SSSR count). The quantitative estimate of drug-likeness (QED) is 0.177. The summed E-state index contributed by atoms with van der Waals surface area (Å²) in [6.07, 6.45) is 7.83. The predicted octanol–water partition coefficient (Wildman–Crippen LogP) is 13.0. The summed E-state index contributed by atoms with van der Waals surface area (Å²) in [7, 11) is 0. The number of allylic oxidation sites excluding steroid dienone is 4. The number of nitrogens with zero attached hydrogens (tertiary/aromatic N) is 5. The van der Waals surface area contributed by atoms with E-state index in [1.807, 2.05) is 0 Å². The third-order valence-electron chi connectivity index (χ3n) is 11.7. The third-order valence-corrected chi connectivity index (χ3v) is 11.7. The molecule has 0 bridgehead atoms. The van der Waals surface area contributed by atoms with Crippen molar-refractivity contribution in [2.45, 2.75) is 12.5 Å². The molecule has 5 nitrogen and oxygen atoms in total. The van der Waals surface area contributed by atoms with Crippen LogP contribution in [0.15, 0.2) is 194 Å². The van der Waals surface area contributed by atoms with Gasteiger partial charge in [-0.25, -0.2) is 9.97 Å². The van der Waals surface area contributed by atoms with Crippen LogP contribution in [0.2, 0.25) is 0 Å². The fourth-order valence-electron chi connectivity index (χ4n) is 9.34. The first-order chi connectivity index (χ1) is 28.3. The van der Waals surface area contributed by atoms with Crippen LogP contribution in [0.4, 0.5) is 0 Å². The first kappa shape index (κ1) is 31.8. The van der Waals surface area contributed by atoms with Crippen LogP contribution in [0.1, 0.15) is 18.2 Å². The molecule has 1 unspecified atom stereocenters. The molecule has 0 aliphatic heterocycles. The summed E-state index contributed by atoms with van der Waals surface area (Å²) in [4.78, 5) is 10.5. The second-order valence-corrected chi connectivity index (χ2v) is 14.9. The van der Waals surface area contributed by atoms with E-state index in [9.17, 15) is 0 Å². The molecular formula is C52H35N5.